The highest BCUT2D eigenvalue weighted by Crippen LogP contribution is 2.47. The molecule has 8 rings (SSSR count). The Labute approximate surface area is 423 Å². The molecule has 6 atom stereocenters. The largest absolute Gasteiger partial charge is 0.453 e. The minimum atomic E-state index is -0.818. The molecule has 0 saturated carbocycles. The van der Waals surface area contributed by atoms with Gasteiger partial charge in [0.2, 0.25) is 23.6 Å². The fourth-order valence-corrected chi connectivity index (χ4v) is 10.7. The quantitative estimate of drug-likeness (QED) is 0.0786. The van der Waals surface area contributed by atoms with Crippen molar-refractivity contribution in [1.82, 2.24) is 25.4 Å². The molecule has 17 nitrogen and oxygen atoms in total. The molecule has 0 radical (unpaired) electrons. The van der Waals surface area contributed by atoms with Gasteiger partial charge in [-0.05, 0) is 116 Å². The maximum atomic E-state index is 13.8. The molecule has 4 fully saturated rings. The first-order chi connectivity index (χ1) is 34.8. The summed E-state index contributed by atoms with van der Waals surface area (Å²) < 4.78 is 15.5. The number of hydrogen-bond donors (Lipinski definition) is 4. The van der Waals surface area contributed by atoms with Crippen LogP contribution < -0.4 is 31.1 Å². The summed E-state index contributed by atoms with van der Waals surface area (Å²) in [6.45, 7) is 11.9. The third-order valence-corrected chi connectivity index (χ3v) is 14.5. The lowest BCUT2D eigenvalue weighted by Crippen LogP contribution is -2.54. The number of carbonyl (C=O) groups excluding carboxylic acids is 5. The highest BCUT2D eigenvalue weighted by atomic mass is 16.5. The fraction of sp³-hybridized carbons (Fsp3) is 0.491. The Hall–Kier alpha value is -6.56. The summed E-state index contributed by atoms with van der Waals surface area (Å²) in [4.78, 5) is 79.8. The van der Waals surface area contributed by atoms with E-state index in [0.29, 0.717) is 56.9 Å². The first kappa shape index (κ1) is 51.8. The molecule has 0 bridgehead atoms. The van der Waals surface area contributed by atoms with Crippen molar-refractivity contribution in [2.75, 3.05) is 80.8 Å². The van der Waals surface area contributed by atoms with Gasteiger partial charge < -0.3 is 49.8 Å². The van der Waals surface area contributed by atoms with E-state index >= 15 is 0 Å². The van der Waals surface area contributed by atoms with Gasteiger partial charge in [0.25, 0.3) is 0 Å². The third kappa shape index (κ3) is 11.9. The zero-order valence-electron chi connectivity index (χ0n) is 42.5. The number of benzene rings is 3. The van der Waals surface area contributed by atoms with Crippen LogP contribution in [0.15, 0.2) is 91.1 Å². The van der Waals surface area contributed by atoms with E-state index in [1.54, 1.807) is 16.9 Å². The number of anilines is 4. The molecule has 5 amide bonds. The van der Waals surface area contributed by atoms with Gasteiger partial charge in [0.05, 0.1) is 45.2 Å². The van der Waals surface area contributed by atoms with Crippen LogP contribution in [0.4, 0.5) is 27.7 Å². The number of ether oxygens (including phenoxy) is 3. The monoisotopic (exact) mass is 986 g/mol. The molecule has 17 heteroatoms. The fourth-order valence-electron chi connectivity index (χ4n) is 10.7. The van der Waals surface area contributed by atoms with Crippen molar-refractivity contribution in [1.29, 1.82) is 0 Å². The first-order valence-corrected chi connectivity index (χ1v) is 25.5. The standard InChI is InChI=1S/C55H71N9O8/c1-35(2)49(57-34-70-5)53(67)62-27-7-9-46(62)51(65)58-41-18-11-38(12-19-41)44-24-25-45(64(44)43-22-15-37(16-23-43)40-17-26-48(56-33-40)61-29-31-72-32-30-61)39-13-20-42(21-14-39)59-52(66)47-10-8-28-63(47)54(68)50(36(3)4)60-55(69)71-6/h11-23,26,33,35-36,44-47,49-50,57H,7-10,24-25,27-32,34H2,1-6H3,(H,58,65)(H,59,66)(H,60,69). The van der Waals surface area contributed by atoms with Gasteiger partial charge in [0, 0.05) is 62.1 Å². The van der Waals surface area contributed by atoms with Crippen LogP contribution in [0.1, 0.15) is 89.4 Å². The van der Waals surface area contributed by atoms with Gasteiger partial charge in [-0.25, -0.2) is 9.78 Å². The summed E-state index contributed by atoms with van der Waals surface area (Å²) in [5, 5.41) is 12.0. The normalized spacial score (nSPS) is 20.9. The number of rotatable bonds is 17. The number of nitrogens with one attached hydrogen (secondary N) is 4. The lowest BCUT2D eigenvalue weighted by atomic mass is 10.0. The number of morpholine rings is 1. The molecule has 5 heterocycles. The Morgan fingerprint density at radius 2 is 1.15 bits per heavy atom. The van der Waals surface area contributed by atoms with Gasteiger partial charge in [0.1, 0.15) is 23.9 Å². The molecule has 4 aliphatic heterocycles. The van der Waals surface area contributed by atoms with Gasteiger partial charge in [0.15, 0.2) is 0 Å². The van der Waals surface area contributed by atoms with Crippen molar-refractivity contribution in [3.63, 3.8) is 0 Å². The van der Waals surface area contributed by atoms with E-state index in [2.05, 4.69) is 91.7 Å². The molecule has 6 unspecified atom stereocenters. The van der Waals surface area contributed by atoms with Crippen molar-refractivity contribution < 1.29 is 38.2 Å². The second-order valence-corrected chi connectivity index (χ2v) is 19.9. The summed E-state index contributed by atoms with van der Waals surface area (Å²) in [5.41, 5.74) is 6.62. The number of aromatic nitrogens is 1. The molecule has 384 valence electrons. The van der Waals surface area contributed by atoms with Crippen LogP contribution in [0, 0.1) is 11.8 Å². The van der Waals surface area contributed by atoms with Crippen molar-refractivity contribution >= 4 is 52.6 Å². The van der Waals surface area contributed by atoms with Gasteiger partial charge in [-0.3, -0.25) is 24.5 Å². The van der Waals surface area contributed by atoms with Crippen LogP contribution in [0.3, 0.4) is 0 Å². The molecule has 0 spiro atoms. The van der Waals surface area contributed by atoms with E-state index in [9.17, 15) is 24.0 Å². The number of hydrogen-bond acceptors (Lipinski definition) is 12. The first-order valence-electron chi connectivity index (χ1n) is 25.5. The van der Waals surface area contributed by atoms with E-state index < -0.39 is 30.3 Å². The van der Waals surface area contributed by atoms with Crippen molar-refractivity contribution in [2.45, 2.75) is 102 Å². The maximum Gasteiger partial charge on any atom is 0.407 e. The van der Waals surface area contributed by atoms with Crippen LogP contribution in [-0.2, 0) is 33.4 Å². The van der Waals surface area contributed by atoms with Crippen LogP contribution in [0.25, 0.3) is 11.1 Å². The SMILES string of the molecule is COCNC(C(=O)N1CCCC1C(=O)Nc1ccc(C2CCC(c3ccc(NC(=O)C4CCCN4C(=O)C(NC(=O)OC)C(C)C)cc3)N2c2ccc(-c3ccc(N4CCOCC4)nc3)cc2)cc1)C(C)C. The molecule has 72 heavy (non-hydrogen) atoms. The Balaban J connectivity index is 0.995. The minimum Gasteiger partial charge on any atom is -0.453 e. The predicted molar refractivity (Wildman–Crippen MR) is 277 cm³/mol. The van der Waals surface area contributed by atoms with Crippen LogP contribution >= 0.6 is 0 Å². The molecule has 4 N–H and O–H groups in total. The van der Waals surface area contributed by atoms with Crippen molar-refractivity contribution in [2.24, 2.45) is 11.8 Å². The van der Waals surface area contributed by atoms with Gasteiger partial charge >= 0.3 is 6.09 Å². The molecule has 1 aromatic heterocycles. The van der Waals surface area contributed by atoms with Gasteiger partial charge in [-0.15, -0.1) is 0 Å². The molecular formula is C55H71N9O8. The topological polar surface area (TPSA) is 187 Å². The molecule has 0 aliphatic carbocycles. The van der Waals surface area contributed by atoms with Gasteiger partial charge in [-0.2, -0.15) is 0 Å². The zero-order valence-corrected chi connectivity index (χ0v) is 42.5. The van der Waals surface area contributed by atoms with Crippen molar-refractivity contribution in [3.8, 4) is 11.1 Å². The van der Waals surface area contributed by atoms with Crippen molar-refractivity contribution in [3.05, 3.63) is 102 Å². The van der Waals surface area contributed by atoms with E-state index in [4.69, 9.17) is 19.2 Å². The van der Waals surface area contributed by atoms with Gasteiger partial charge in [-0.1, -0.05) is 64.1 Å². The average Bonchev–Trinajstić information content (AvgIpc) is 4.20. The number of carbonyl (C=O) groups is 5. The predicted octanol–water partition coefficient (Wildman–Crippen LogP) is 7.13. The van der Waals surface area contributed by atoms with E-state index in [1.165, 1.54) is 7.11 Å². The number of methoxy groups -OCH3 is 2. The average molecular weight is 986 g/mol. The maximum absolute atomic E-state index is 13.8. The summed E-state index contributed by atoms with van der Waals surface area (Å²) in [6.07, 6.45) is 5.52. The lowest BCUT2D eigenvalue weighted by molar-refractivity contribution is -0.139. The lowest BCUT2D eigenvalue weighted by Gasteiger charge is -2.34. The summed E-state index contributed by atoms with van der Waals surface area (Å²) in [6, 6.07) is 26.3. The Morgan fingerprint density at radius 3 is 1.62 bits per heavy atom. The third-order valence-electron chi connectivity index (χ3n) is 14.5. The number of alkyl carbamates (subject to hydrolysis) is 1. The Morgan fingerprint density at radius 1 is 0.639 bits per heavy atom. The second-order valence-electron chi connectivity index (χ2n) is 19.9. The number of likely N-dealkylation sites (tertiary alicyclic amines) is 2. The van der Waals surface area contributed by atoms with E-state index in [0.717, 1.165) is 66.1 Å². The Bertz CT molecular complexity index is 2480. The minimum absolute atomic E-state index is 0.00314. The van der Waals surface area contributed by atoms with Crippen LogP contribution in [0.5, 0.6) is 0 Å². The molecule has 3 aromatic carbocycles. The van der Waals surface area contributed by atoms with Crippen LogP contribution in [0.2, 0.25) is 0 Å². The number of amides is 5. The highest BCUT2D eigenvalue weighted by molar-refractivity contribution is 5.99. The highest BCUT2D eigenvalue weighted by Gasteiger charge is 2.41. The summed E-state index contributed by atoms with van der Waals surface area (Å²) in [7, 11) is 2.84. The Kier molecular flexibility index (Phi) is 17.1. The van der Waals surface area contributed by atoms with E-state index in [-0.39, 0.29) is 54.3 Å². The smallest absolute Gasteiger partial charge is 0.407 e. The summed E-state index contributed by atoms with van der Waals surface area (Å²) in [5.74, 6) is -0.0989. The van der Waals surface area contributed by atoms with E-state index in [1.807, 2.05) is 58.2 Å². The molecule has 4 saturated heterocycles. The second kappa shape index (κ2) is 23.8. The molecular weight excluding hydrogens is 915 g/mol. The number of nitrogens with zero attached hydrogens (tertiary/aromatic N) is 5. The molecule has 4 aliphatic rings. The summed E-state index contributed by atoms with van der Waals surface area (Å²) >= 11 is 0. The zero-order chi connectivity index (χ0) is 50.9. The molecule has 4 aromatic rings. The number of pyridine rings is 1. The van der Waals surface area contributed by atoms with Crippen LogP contribution in [-0.4, -0.2) is 129 Å².